The van der Waals surface area contributed by atoms with Crippen molar-refractivity contribution < 1.29 is 23.5 Å². The van der Waals surface area contributed by atoms with E-state index in [9.17, 15) is 28.3 Å². The number of carbonyl (C=O) groups excluding carboxylic acids is 2. The topological polar surface area (TPSA) is 112 Å². The molecule has 0 radical (unpaired) electrons. The van der Waals surface area contributed by atoms with Crippen LogP contribution in [0.5, 0.6) is 5.88 Å². The molecule has 1 aliphatic heterocycles. The Labute approximate surface area is 218 Å². The number of carbonyl (C=O) groups is 2. The predicted octanol–water partition coefficient (Wildman–Crippen LogP) is 2.01. The molecule has 5 rings (SSSR count). The van der Waals surface area contributed by atoms with Gasteiger partial charge in [0.15, 0.2) is 5.56 Å². The first-order valence-corrected chi connectivity index (χ1v) is 13.2. The van der Waals surface area contributed by atoms with E-state index in [4.69, 9.17) is 0 Å². The highest BCUT2D eigenvalue weighted by Gasteiger charge is 2.48. The van der Waals surface area contributed by atoms with E-state index in [1.807, 2.05) is 18.7 Å². The minimum absolute atomic E-state index is 0.0101. The van der Waals surface area contributed by atoms with Gasteiger partial charge in [-0.1, -0.05) is 13.8 Å². The number of rotatable bonds is 7. The van der Waals surface area contributed by atoms with Crippen LogP contribution in [0.4, 0.5) is 8.78 Å². The van der Waals surface area contributed by atoms with Crippen molar-refractivity contribution in [3.8, 4) is 5.88 Å². The monoisotopic (exact) mass is 532 g/mol. The van der Waals surface area contributed by atoms with E-state index < -0.39 is 23.3 Å². The molecule has 3 aliphatic rings. The van der Waals surface area contributed by atoms with Crippen LogP contribution in [-0.4, -0.2) is 85.1 Å². The van der Waals surface area contributed by atoms with E-state index >= 15 is 0 Å². The molecule has 0 spiro atoms. The number of nitrogens with one attached hydrogen (secondary N) is 1. The summed E-state index contributed by atoms with van der Waals surface area (Å²) in [5.74, 6) is -3.77. The van der Waals surface area contributed by atoms with E-state index in [2.05, 4.69) is 10.4 Å². The molecule has 3 fully saturated rings. The average molecular weight is 533 g/mol. The Morgan fingerprint density at radius 1 is 1.18 bits per heavy atom. The highest BCUT2D eigenvalue weighted by molar-refractivity contribution is 5.97. The van der Waals surface area contributed by atoms with Crippen molar-refractivity contribution in [2.45, 2.75) is 71.0 Å². The lowest BCUT2D eigenvalue weighted by Crippen LogP contribution is -2.57. The van der Waals surface area contributed by atoms with Crippen molar-refractivity contribution in [3.05, 3.63) is 33.3 Å². The Hall–Kier alpha value is -3.28. The molecule has 38 heavy (non-hydrogen) atoms. The van der Waals surface area contributed by atoms with Crippen LogP contribution in [0, 0.1) is 12.8 Å². The second-order valence-corrected chi connectivity index (χ2v) is 11.1. The Kier molecular flexibility index (Phi) is 6.79. The molecule has 10 nitrogen and oxygen atoms in total. The van der Waals surface area contributed by atoms with Gasteiger partial charge < -0.3 is 15.3 Å². The molecule has 0 atom stereocenters. The van der Waals surface area contributed by atoms with Gasteiger partial charge in [0.25, 0.3) is 17.4 Å². The fourth-order valence-electron chi connectivity index (χ4n) is 5.24. The number of aromatic hydroxyl groups is 1. The Morgan fingerprint density at radius 3 is 2.42 bits per heavy atom. The molecule has 2 amide bonds. The van der Waals surface area contributed by atoms with Gasteiger partial charge in [-0.3, -0.25) is 23.9 Å². The van der Waals surface area contributed by atoms with E-state index in [1.54, 1.807) is 17.9 Å². The summed E-state index contributed by atoms with van der Waals surface area (Å²) in [7, 11) is 0. The lowest BCUT2D eigenvalue weighted by Gasteiger charge is -2.46. The molecular weight excluding hydrogens is 498 g/mol. The number of halogens is 2. The summed E-state index contributed by atoms with van der Waals surface area (Å²) >= 11 is 0. The van der Waals surface area contributed by atoms with Gasteiger partial charge in [0.2, 0.25) is 11.8 Å². The van der Waals surface area contributed by atoms with Crippen molar-refractivity contribution in [1.29, 1.82) is 0 Å². The maximum atomic E-state index is 13.3. The van der Waals surface area contributed by atoms with Crippen LogP contribution >= 0.6 is 0 Å². The van der Waals surface area contributed by atoms with Crippen molar-refractivity contribution in [3.63, 3.8) is 0 Å². The fraction of sp³-hybridized carbons (Fsp3) is 0.615. The first-order chi connectivity index (χ1) is 17.9. The number of aromatic nitrogens is 3. The van der Waals surface area contributed by atoms with Gasteiger partial charge in [-0.05, 0) is 31.8 Å². The summed E-state index contributed by atoms with van der Waals surface area (Å²) in [6.45, 7) is 7.89. The molecule has 1 saturated heterocycles. The highest BCUT2D eigenvalue weighted by atomic mass is 19.3. The van der Waals surface area contributed by atoms with Gasteiger partial charge in [-0.15, -0.1) is 0 Å². The maximum absolute atomic E-state index is 13.3. The normalized spacial score (nSPS) is 20.4. The second-order valence-electron chi connectivity index (χ2n) is 11.1. The van der Waals surface area contributed by atoms with Gasteiger partial charge in [-0.25, -0.2) is 8.78 Å². The minimum atomic E-state index is -2.57. The van der Waals surface area contributed by atoms with Gasteiger partial charge in [0.05, 0.1) is 5.69 Å². The van der Waals surface area contributed by atoms with E-state index in [0.29, 0.717) is 49.6 Å². The molecule has 206 valence electrons. The van der Waals surface area contributed by atoms with Gasteiger partial charge in [0.1, 0.15) is 5.65 Å². The summed E-state index contributed by atoms with van der Waals surface area (Å²) in [5.41, 5.74) is 0.208. The van der Waals surface area contributed by atoms with E-state index in [-0.39, 0.29) is 42.3 Å². The van der Waals surface area contributed by atoms with E-state index in [0.717, 1.165) is 17.4 Å². The molecule has 2 aliphatic carbocycles. The smallest absolute Gasteiger partial charge is 0.291 e. The largest absolute Gasteiger partial charge is 0.494 e. The fourth-order valence-corrected chi connectivity index (χ4v) is 5.24. The molecule has 2 aromatic rings. The van der Waals surface area contributed by atoms with Crippen molar-refractivity contribution in [1.82, 2.24) is 29.3 Å². The van der Waals surface area contributed by atoms with Crippen LogP contribution in [0.3, 0.4) is 0 Å². The summed E-state index contributed by atoms with van der Waals surface area (Å²) in [5, 5.41) is 18.2. The molecule has 0 unspecified atom stereocenters. The molecule has 0 aromatic carbocycles. The molecule has 2 saturated carbocycles. The lowest BCUT2D eigenvalue weighted by molar-refractivity contribution is -0.139. The number of piperazine rings is 1. The lowest BCUT2D eigenvalue weighted by atomic mass is 9.86. The number of hydrogen-bond donors (Lipinski definition) is 2. The molecule has 2 aromatic heterocycles. The third-order valence-electron chi connectivity index (χ3n) is 7.51. The number of nitrogens with zero attached hydrogens (tertiary/aromatic N) is 5. The zero-order valence-corrected chi connectivity index (χ0v) is 21.9. The third kappa shape index (κ3) is 5.05. The number of aryl methyl sites for hydroxylation is 1. The molecule has 3 heterocycles. The maximum Gasteiger partial charge on any atom is 0.291 e. The molecular formula is C26H34F2N6O4. The highest BCUT2D eigenvalue weighted by Crippen LogP contribution is 2.40. The summed E-state index contributed by atoms with van der Waals surface area (Å²) in [6.07, 6.45) is 4.42. The Bertz CT molecular complexity index is 1340. The molecule has 0 bridgehead atoms. The third-order valence-corrected chi connectivity index (χ3v) is 7.51. The van der Waals surface area contributed by atoms with Crippen LogP contribution < -0.4 is 10.9 Å². The Balaban J connectivity index is 1.40. The van der Waals surface area contributed by atoms with Crippen LogP contribution in [0.2, 0.25) is 0 Å². The minimum Gasteiger partial charge on any atom is -0.494 e. The number of fused-ring (bicyclic) bond motifs is 1. The van der Waals surface area contributed by atoms with Crippen LogP contribution in [0.15, 0.2) is 10.9 Å². The van der Waals surface area contributed by atoms with Crippen LogP contribution in [0.1, 0.15) is 61.1 Å². The zero-order chi connectivity index (χ0) is 27.4. The average Bonchev–Trinajstić information content (AvgIpc) is 3.59. The Morgan fingerprint density at radius 2 is 1.84 bits per heavy atom. The summed E-state index contributed by atoms with van der Waals surface area (Å²) < 4.78 is 29.1. The summed E-state index contributed by atoms with van der Waals surface area (Å²) in [6, 6.07) is -0.114. The predicted molar refractivity (Wildman–Crippen MR) is 136 cm³/mol. The van der Waals surface area contributed by atoms with Crippen LogP contribution in [-0.2, 0) is 11.3 Å². The first-order valence-electron chi connectivity index (χ1n) is 13.2. The van der Waals surface area contributed by atoms with Crippen LogP contribution in [0.25, 0.3) is 11.7 Å². The van der Waals surface area contributed by atoms with Gasteiger partial charge in [-0.2, -0.15) is 9.61 Å². The first kappa shape index (κ1) is 26.3. The quantitative estimate of drug-likeness (QED) is 0.528. The standard InChI is InChI=1S/C26H34F2N6O4/c1-15(2)14-33-23-19(6-7-20(35)32-10-8-31(9-11-32)18-12-26(27,28)13-18)16(3)30-34(23)25(38)21(24(33)37)22(36)29-17-4-5-17/h6-7,15,17-18,37H,4-5,8-14H2,1-3H3,(H,29,36). The number of alkyl halides is 2. The SMILES string of the molecule is Cc1nn2c(=O)c(C(=O)NC3CC3)c(O)n(CC(C)C)c2c1C=CC(=O)N1CCN(C2CC(F)(F)C2)CC1. The van der Waals surface area contributed by atoms with Crippen molar-refractivity contribution >= 4 is 23.5 Å². The van der Waals surface area contributed by atoms with Crippen molar-refractivity contribution in [2.75, 3.05) is 26.2 Å². The van der Waals surface area contributed by atoms with Gasteiger partial charge >= 0.3 is 0 Å². The molecule has 2 N–H and O–H groups in total. The summed E-state index contributed by atoms with van der Waals surface area (Å²) in [4.78, 5) is 42.7. The zero-order valence-electron chi connectivity index (χ0n) is 21.9. The molecule has 12 heteroatoms. The number of hydrogen-bond acceptors (Lipinski definition) is 6. The van der Waals surface area contributed by atoms with Crippen molar-refractivity contribution in [2.24, 2.45) is 5.92 Å². The van der Waals surface area contributed by atoms with E-state index in [1.165, 1.54) is 10.6 Å². The van der Waals surface area contributed by atoms with Gasteiger partial charge in [0, 0.05) is 69.3 Å². The number of amides is 2. The second kappa shape index (κ2) is 9.79.